The van der Waals surface area contributed by atoms with Crippen molar-refractivity contribution in [1.29, 1.82) is 0 Å². The molecule has 0 aromatic carbocycles. The average Bonchev–Trinajstić information content (AvgIpc) is 2.43. The number of alkyl halides is 3. The van der Waals surface area contributed by atoms with Gasteiger partial charge in [0.1, 0.15) is 0 Å². The van der Waals surface area contributed by atoms with Crippen LogP contribution in [-0.4, -0.2) is 35.2 Å². The zero-order valence-electron chi connectivity index (χ0n) is 11.6. The van der Waals surface area contributed by atoms with E-state index in [-0.39, 0.29) is 31.6 Å². The van der Waals surface area contributed by atoms with Crippen molar-refractivity contribution in [2.45, 2.75) is 25.4 Å². The molecular weight excluding hydrogens is 303 g/mol. The fourth-order valence-electron chi connectivity index (χ4n) is 1.60. The number of urea groups is 1. The summed E-state index contributed by atoms with van der Waals surface area (Å²) in [5.41, 5.74) is -0.559. The highest BCUT2D eigenvalue weighted by molar-refractivity contribution is 5.73. The van der Waals surface area contributed by atoms with Crippen molar-refractivity contribution in [2.75, 3.05) is 13.1 Å². The van der Waals surface area contributed by atoms with E-state index in [0.717, 1.165) is 18.3 Å². The predicted molar refractivity (Wildman–Crippen MR) is 71.2 cm³/mol. The van der Waals surface area contributed by atoms with Crippen LogP contribution in [0.5, 0.6) is 0 Å². The Labute approximate surface area is 124 Å². The molecule has 0 fully saturated rings. The number of aromatic nitrogens is 1. The van der Waals surface area contributed by atoms with Gasteiger partial charge in [-0.3, -0.25) is 9.78 Å². The van der Waals surface area contributed by atoms with Gasteiger partial charge in [-0.1, -0.05) is 0 Å². The fraction of sp³-hybridized carbons (Fsp3) is 0.462. The van der Waals surface area contributed by atoms with Crippen LogP contribution < -0.4 is 10.6 Å². The summed E-state index contributed by atoms with van der Waals surface area (Å²) in [6.45, 7) is 0.332. The third-order valence-electron chi connectivity index (χ3n) is 2.66. The first-order valence-corrected chi connectivity index (χ1v) is 6.54. The molecule has 0 aliphatic heterocycles. The molecule has 122 valence electrons. The van der Waals surface area contributed by atoms with Crippen LogP contribution in [0.4, 0.5) is 18.0 Å². The van der Waals surface area contributed by atoms with Crippen molar-refractivity contribution in [3.63, 3.8) is 0 Å². The molecule has 3 N–H and O–H groups in total. The Morgan fingerprint density at radius 3 is 2.55 bits per heavy atom. The van der Waals surface area contributed by atoms with Crippen molar-refractivity contribution < 1.29 is 27.9 Å². The van der Waals surface area contributed by atoms with Crippen molar-refractivity contribution in [1.82, 2.24) is 15.6 Å². The van der Waals surface area contributed by atoms with Gasteiger partial charge in [-0.2, -0.15) is 13.2 Å². The van der Waals surface area contributed by atoms with Crippen molar-refractivity contribution in [3.05, 3.63) is 29.6 Å². The molecule has 2 amide bonds. The van der Waals surface area contributed by atoms with E-state index in [0.29, 0.717) is 6.42 Å². The molecule has 0 spiro atoms. The van der Waals surface area contributed by atoms with E-state index >= 15 is 0 Å². The number of rotatable bonds is 7. The lowest BCUT2D eigenvalue weighted by Crippen LogP contribution is -2.37. The minimum atomic E-state index is -4.42. The topological polar surface area (TPSA) is 91.3 Å². The second kappa shape index (κ2) is 8.20. The number of carboxylic acids is 1. The van der Waals surface area contributed by atoms with E-state index in [1.807, 2.05) is 0 Å². The van der Waals surface area contributed by atoms with E-state index in [2.05, 4.69) is 15.6 Å². The molecule has 22 heavy (non-hydrogen) atoms. The van der Waals surface area contributed by atoms with Gasteiger partial charge in [0.15, 0.2) is 0 Å². The van der Waals surface area contributed by atoms with Crippen molar-refractivity contribution >= 4 is 12.0 Å². The second-order valence-electron chi connectivity index (χ2n) is 4.46. The summed E-state index contributed by atoms with van der Waals surface area (Å²) in [5, 5.41) is 13.3. The highest BCUT2D eigenvalue weighted by Gasteiger charge is 2.30. The normalized spacial score (nSPS) is 11.0. The molecule has 0 bridgehead atoms. The number of nitrogens with one attached hydrogen (secondary N) is 2. The second-order valence-corrected chi connectivity index (χ2v) is 4.46. The highest BCUT2D eigenvalue weighted by Crippen LogP contribution is 2.28. The maximum Gasteiger partial charge on any atom is 0.416 e. The number of carboxylic acid groups (broad SMARTS) is 1. The minimum Gasteiger partial charge on any atom is -0.481 e. The van der Waals surface area contributed by atoms with E-state index in [1.54, 1.807) is 0 Å². The molecule has 0 atom stereocenters. The first-order chi connectivity index (χ1) is 10.3. The Balaban J connectivity index is 2.29. The van der Waals surface area contributed by atoms with Gasteiger partial charge in [-0.15, -0.1) is 0 Å². The largest absolute Gasteiger partial charge is 0.481 e. The lowest BCUT2D eigenvalue weighted by molar-refractivity contribution is -0.138. The highest BCUT2D eigenvalue weighted by atomic mass is 19.4. The number of carbonyl (C=O) groups is 2. The van der Waals surface area contributed by atoms with Gasteiger partial charge in [0.05, 0.1) is 5.56 Å². The Morgan fingerprint density at radius 1 is 1.23 bits per heavy atom. The van der Waals surface area contributed by atoms with E-state index in [9.17, 15) is 22.8 Å². The van der Waals surface area contributed by atoms with Crippen LogP contribution >= 0.6 is 0 Å². The molecule has 0 aliphatic rings. The number of nitrogens with zero attached hydrogens (tertiary/aromatic N) is 1. The molecule has 9 heteroatoms. The lowest BCUT2D eigenvalue weighted by atomic mass is 10.2. The zero-order chi connectivity index (χ0) is 16.6. The molecule has 0 saturated carbocycles. The van der Waals surface area contributed by atoms with Gasteiger partial charge in [0, 0.05) is 37.8 Å². The average molecular weight is 319 g/mol. The SMILES string of the molecule is O=C(O)CCCNC(=O)NCCc1cc(C(F)(F)F)ccn1. The molecule has 0 radical (unpaired) electrons. The van der Waals surface area contributed by atoms with Crippen LogP contribution in [0.15, 0.2) is 18.3 Å². The maximum atomic E-state index is 12.5. The third-order valence-corrected chi connectivity index (χ3v) is 2.66. The van der Waals surface area contributed by atoms with Gasteiger partial charge in [0.2, 0.25) is 0 Å². The maximum absolute atomic E-state index is 12.5. The van der Waals surface area contributed by atoms with Crippen LogP contribution in [0.2, 0.25) is 0 Å². The molecule has 0 saturated heterocycles. The molecular formula is C13H16F3N3O3. The summed E-state index contributed by atoms with van der Waals surface area (Å²) in [5.74, 6) is -0.946. The first kappa shape index (κ1) is 17.7. The number of hydrogen-bond acceptors (Lipinski definition) is 3. The van der Waals surface area contributed by atoms with E-state index in [1.165, 1.54) is 0 Å². The molecule has 1 aromatic rings. The Kier molecular flexibility index (Phi) is 6.61. The summed E-state index contributed by atoms with van der Waals surface area (Å²) >= 11 is 0. The number of halogens is 3. The van der Waals surface area contributed by atoms with Crippen molar-refractivity contribution in [2.24, 2.45) is 0 Å². The summed E-state index contributed by atoms with van der Waals surface area (Å²) in [7, 11) is 0. The van der Waals surface area contributed by atoms with Crippen LogP contribution in [0.25, 0.3) is 0 Å². The van der Waals surface area contributed by atoms with Gasteiger partial charge in [0.25, 0.3) is 0 Å². The quantitative estimate of drug-likeness (QED) is 0.668. The van der Waals surface area contributed by atoms with E-state index < -0.39 is 23.7 Å². The monoisotopic (exact) mass is 319 g/mol. The number of hydrogen-bond donors (Lipinski definition) is 3. The molecule has 0 unspecified atom stereocenters. The summed E-state index contributed by atoms with van der Waals surface area (Å²) < 4.78 is 37.5. The van der Waals surface area contributed by atoms with Crippen LogP contribution in [0.3, 0.4) is 0 Å². The lowest BCUT2D eigenvalue weighted by Gasteiger charge is -2.09. The van der Waals surface area contributed by atoms with Crippen LogP contribution in [0.1, 0.15) is 24.1 Å². The molecule has 1 heterocycles. The van der Waals surface area contributed by atoms with Crippen LogP contribution in [0, 0.1) is 0 Å². The van der Waals surface area contributed by atoms with Gasteiger partial charge < -0.3 is 15.7 Å². The van der Waals surface area contributed by atoms with Gasteiger partial charge in [-0.05, 0) is 18.6 Å². The van der Waals surface area contributed by atoms with Crippen molar-refractivity contribution in [3.8, 4) is 0 Å². The Hall–Kier alpha value is -2.32. The van der Waals surface area contributed by atoms with Crippen LogP contribution in [-0.2, 0) is 17.4 Å². The number of carbonyl (C=O) groups excluding carboxylic acids is 1. The predicted octanol–water partition coefficient (Wildman–Crippen LogP) is 1.81. The standard InChI is InChI=1S/C13H16F3N3O3/c14-13(15,16)9-3-6-17-10(8-9)4-7-19-12(22)18-5-1-2-11(20)21/h3,6,8H,1-2,4-5,7H2,(H,20,21)(H2,18,19,22). The number of aliphatic carboxylic acids is 1. The zero-order valence-corrected chi connectivity index (χ0v) is 11.6. The molecule has 1 rings (SSSR count). The third kappa shape index (κ3) is 6.91. The molecule has 1 aromatic heterocycles. The minimum absolute atomic E-state index is 0.0472. The Bertz CT molecular complexity index is 521. The summed E-state index contributed by atoms with van der Waals surface area (Å²) in [4.78, 5) is 25.4. The van der Waals surface area contributed by atoms with Gasteiger partial charge in [-0.25, -0.2) is 4.79 Å². The molecule has 0 aliphatic carbocycles. The number of pyridine rings is 1. The summed E-state index contributed by atoms with van der Waals surface area (Å²) in [6.07, 6.45) is -2.93. The van der Waals surface area contributed by atoms with E-state index in [4.69, 9.17) is 5.11 Å². The smallest absolute Gasteiger partial charge is 0.416 e. The Morgan fingerprint density at radius 2 is 1.91 bits per heavy atom. The van der Waals surface area contributed by atoms with Gasteiger partial charge >= 0.3 is 18.2 Å². The summed E-state index contributed by atoms with van der Waals surface area (Å²) in [6, 6.07) is 1.32. The first-order valence-electron chi connectivity index (χ1n) is 6.54. The number of amides is 2. The fourth-order valence-corrected chi connectivity index (χ4v) is 1.60. The molecule has 6 nitrogen and oxygen atoms in total.